The van der Waals surface area contributed by atoms with E-state index < -0.39 is 6.10 Å². The summed E-state index contributed by atoms with van der Waals surface area (Å²) >= 11 is 6.18. The zero-order valence-corrected chi connectivity index (χ0v) is 15.9. The van der Waals surface area contributed by atoms with Crippen molar-refractivity contribution in [2.24, 2.45) is 5.73 Å². The highest BCUT2D eigenvalue weighted by molar-refractivity contribution is 6.31. The van der Waals surface area contributed by atoms with Gasteiger partial charge in [0.1, 0.15) is 11.8 Å². The van der Waals surface area contributed by atoms with Crippen LogP contribution in [0.1, 0.15) is 17.5 Å². The van der Waals surface area contributed by atoms with Crippen LogP contribution in [0.4, 0.5) is 11.5 Å². The number of benzene rings is 1. The molecule has 0 bridgehead atoms. The Morgan fingerprint density at radius 3 is 3.00 bits per heavy atom. The SMILES string of the molecule is Cc1cc(Cl)cc(Nc2ncnn3ccc(CN4CC[C@@H](N)[C@H](O)C4)c23)c1. The lowest BCUT2D eigenvalue weighted by molar-refractivity contribution is 0.0501. The molecule has 142 valence electrons. The van der Waals surface area contributed by atoms with E-state index in [0.29, 0.717) is 18.1 Å². The zero-order chi connectivity index (χ0) is 19.0. The quantitative estimate of drug-likeness (QED) is 0.637. The van der Waals surface area contributed by atoms with Gasteiger partial charge in [0.05, 0.1) is 6.10 Å². The topological polar surface area (TPSA) is 91.7 Å². The molecule has 1 aromatic carbocycles. The van der Waals surface area contributed by atoms with E-state index in [1.807, 2.05) is 41.9 Å². The lowest BCUT2D eigenvalue weighted by Gasteiger charge is -2.33. The van der Waals surface area contributed by atoms with Crippen LogP contribution in [-0.4, -0.2) is 49.8 Å². The first-order valence-electron chi connectivity index (χ1n) is 9.01. The average molecular weight is 387 g/mol. The molecule has 0 unspecified atom stereocenters. The molecule has 0 radical (unpaired) electrons. The van der Waals surface area contributed by atoms with Crippen molar-refractivity contribution < 1.29 is 5.11 Å². The number of aromatic nitrogens is 3. The molecule has 1 fully saturated rings. The molecule has 3 heterocycles. The van der Waals surface area contributed by atoms with Crippen molar-refractivity contribution in [1.29, 1.82) is 0 Å². The van der Waals surface area contributed by atoms with E-state index in [1.54, 1.807) is 0 Å². The van der Waals surface area contributed by atoms with Crippen molar-refractivity contribution in [3.05, 3.63) is 52.9 Å². The Morgan fingerprint density at radius 2 is 2.22 bits per heavy atom. The highest BCUT2D eigenvalue weighted by Gasteiger charge is 2.25. The maximum absolute atomic E-state index is 10.1. The van der Waals surface area contributed by atoms with E-state index in [2.05, 4.69) is 20.3 Å². The molecule has 8 heteroatoms. The van der Waals surface area contributed by atoms with Crippen LogP contribution in [0.5, 0.6) is 0 Å². The summed E-state index contributed by atoms with van der Waals surface area (Å²) in [6.07, 6.45) is 3.75. The highest BCUT2D eigenvalue weighted by Crippen LogP contribution is 2.27. The molecule has 4 rings (SSSR count). The first-order valence-corrected chi connectivity index (χ1v) is 9.39. The molecule has 7 nitrogen and oxygen atoms in total. The van der Waals surface area contributed by atoms with Crippen molar-refractivity contribution in [3.8, 4) is 0 Å². The van der Waals surface area contributed by atoms with Crippen LogP contribution in [0.2, 0.25) is 5.02 Å². The molecule has 1 aliphatic rings. The number of aryl methyl sites for hydroxylation is 1. The van der Waals surface area contributed by atoms with Gasteiger partial charge in [0.2, 0.25) is 0 Å². The summed E-state index contributed by atoms with van der Waals surface area (Å²) in [6.45, 7) is 4.14. The Morgan fingerprint density at radius 1 is 1.37 bits per heavy atom. The normalized spacial score (nSPS) is 20.9. The minimum Gasteiger partial charge on any atom is -0.390 e. The molecule has 1 aliphatic heterocycles. The number of nitrogens with one attached hydrogen (secondary N) is 1. The van der Waals surface area contributed by atoms with Gasteiger partial charge in [-0.25, -0.2) is 9.50 Å². The van der Waals surface area contributed by atoms with Gasteiger partial charge in [0, 0.05) is 42.6 Å². The third kappa shape index (κ3) is 3.91. The molecule has 0 aliphatic carbocycles. The van der Waals surface area contributed by atoms with Crippen LogP contribution < -0.4 is 11.1 Å². The first-order chi connectivity index (χ1) is 13.0. The van der Waals surface area contributed by atoms with Crippen LogP contribution in [0.25, 0.3) is 5.52 Å². The van der Waals surface area contributed by atoms with E-state index >= 15 is 0 Å². The number of nitrogens with zero attached hydrogens (tertiary/aromatic N) is 4. The van der Waals surface area contributed by atoms with Crippen LogP contribution in [0.15, 0.2) is 36.8 Å². The smallest absolute Gasteiger partial charge is 0.158 e. The number of fused-ring (bicyclic) bond motifs is 1. The van der Waals surface area contributed by atoms with Crippen LogP contribution in [0, 0.1) is 6.92 Å². The Hall–Kier alpha value is -2.19. The highest BCUT2D eigenvalue weighted by atomic mass is 35.5. The number of hydrogen-bond donors (Lipinski definition) is 3. The fourth-order valence-corrected chi connectivity index (χ4v) is 3.87. The number of β-amino-alcohol motifs (C(OH)–C–C–N with tert-alkyl or cyclic N) is 1. The number of likely N-dealkylation sites (tertiary alicyclic amines) is 1. The number of hydrogen-bond acceptors (Lipinski definition) is 6. The summed E-state index contributed by atoms with van der Waals surface area (Å²) in [5.74, 6) is 0.723. The molecular weight excluding hydrogens is 364 g/mol. The number of halogens is 1. The maximum Gasteiger partial charge on any atom is 0.158 e. The van der Waals surface area contributed by atoms with Crippen molar-refractivity contribution in [1.82, 2.24) is 19.5 Å². The van der Waals surface area contributed by atoms with Gasteiger partial charge in [-0.15, -0.1) is 0 Å². The molecule has 2 atom stereocenters. The first kappa shape index (κ1) is 18.2. The molecular formula is C19H23ClN6O. The largest absolute Gasteiger partial charge is 0.390 e. The monoisotopic (exact) mass is 386 g/mol. The summed E-state index contributed by atoms with van der Waals surface area (Å²) in [5.41, 5.74) is 9.89. The summed E-state index contributed by atoms with van der Waals surface area (Å²) in [4.78, 5) is 6.65. The minimum absolute atomic E-state index is 0.140. The molecule has 0 spiro atoms. The Balaban J connectivity index is 1.63. The van der Waals surface area contributed by atoms with E-state index in [9.17, 15) is 5.11 Å². The summed E-state index contributed by atoms with van der Waals surface area (Å²) < 4.78 is 1.81. The van der Waals surface area contributed by atoms with Gasteiger partial charge in [-0.3, -0.25) is 4.90 Å². The molecule has 1 saturated heterocycles. The Labute approximate surface area is 162 Å². The van der Waals surface area contributed by atoms with Gasteiger partial charge in [0.15, 0.2) is 5.82 Å². The van der Waals surface area contributed by atoms with E-state index in [4.69, 9.17) is 17.3 Å². The van der Waals surface area contributed by atoms with Crippen LogP contribution >= 0.6 is 11.6 Å². The average Bonchev–Trinajstić information content (AvgIpc) is 3.01. The minimum atomic E-state index is -0.490. The van der Waals surface area contributed by atoms with Crippen molar-refractivity contribution >= 4 is 28.6 Å². The lowest BCUT2D eigenvalue weighted by atomic mass is 10.0. The standard InChI is InChI=1S/C19H23ClN6O/c1-12-6-14(20)8-15(7-12)24-19-18-13(2-5-26(18)23-11-22-19)9-25-4-3-16(21)17(27)10-25/h2,5-8,11,16-17,27H,3-4,9-10,21H2,1H3,(H,22,23,24)/t16-,17-/m1/s1. The second kappa shape index (κ2) is 7.44. The lowest BCUT2D eigenvalue weighted by Crippen LogP contribution is -2.50. The Kier molecular flexibility index (Phi) is 5.01. The number of anilines is 2. The van der Waals surface area contributed by atoms with E-state index in [1.165, 1.54) is 6.33 Å². The van der Waals surface area contributed by atoms with Crippen molar-refractivity contribution in [2.75, 3.05) is 18.4 Å². The van der Waals surface area contributed by atoms with Gasteiger partial charge in [-0.1, -0.05) is 11.6 Å². The number of rotatable bonds is 4. The van der Waals surface area contributed by atoms with Crippen molar-refractivity contribution in [2.45, 2.75) is 32.0 Å². The molecule has 0 saturated carbocycles. The fraction of sp³-hybridized carbons (Fsp3) is 0.368. The second-order valence-electron chi connectivity index (χ2n) is 7.14. The number of piperidine rings is 1. The number of aliphatic hydroxyl groups excluding tert-OH is 1. The predicted molar refractivity (Wildman–Crippen MR) is 106 cm³/mol. The summed E-state index contributed by atoms with van der Waals surface area (Å²) in [5, 5.41) is 18.4. The number of nitrogens with two attached hydrogens (primary N) is 1. The van der Waals surface area contributed by atoms with Gasteiger partial charge in [-0.2, -0.15) is 5.10 Å². The van der Waals surface area contributed by atoms with Gasteiger partial charge >= 0.3 is 0 Å². The molecule has 0 amide bonds. The van der Waals surface area contributed by atoms with Gasteiger partial charge in [0.25, 0.3) is 0 Å². The predicted octanol–water partition coefficient (Wildman–Crippen LogP) is 2.33. The van der Waals surface area contributed by atoms with Crippen LogP contribution in [0.3, 0.4) is 0 Å². The van der Waals surface area contributed by atoms with Gasteiger partial charge < -0.3 is 16.2 Å². The number of aliphatic hydroxyl groups is 1. The molecule has 2 aromatic heterocycles. The maximum atomic E-state index is 10.1. The Bertz CT molecular complexity index is 938. The zero-order valence-electron chi connectivity index (χ0n) is 15.1. The van der Waals surface area contributed by atoms with E-state index in [-0.39, 0.29) is 6.04 Å². The van der Waals surface area contributed by atoms with Crippen molar-refractivity contribution in [3.63, 3.8) is 0 Å². The third-order valence-corrected chi connectivity index (χ3v) is 5.17. The third-order valence-electron chi connectivity index (χ3n) is 4.95. The molecule has 3 aromatic rings. The second-order valence-corrected chi connectivity index (χ2v) is 7.58. The van der Waals surface area contributed by atoms with Gasteiger partial charge in [-0.05, 0) is 48.7 Å². The van der Waals surface area contributed by atoms with Crippen LogP contribution in [-0.2, 0) is 6.54 Å². The van der Waals surface area contributed by atoms with E-state index in [0.717, 1.165) is 41.1 Å². The molecule has 27 heavy (non-hydrogen) atoms. The fourth-order valence-electron chi connectivity index (χ4n) is 3.58. The summed E-state index contributed by atoms with van der Waals surface area (Å²) in [7, 11) is 0. The molecule has 4 N–H and O–H groups in total. The summed E-state index contributed by atoms with van der Waals surface area (Å²) in [6, 6.07) is 7.71.